The number of carbonyl (C=O) groups is 3. The number of rotatable bonds is 9. The van der Waals surface area contributed by atoms with Crippen molar-refractivity contribution in [1.82, 2.24) is 5.32 Å². The van der Waals surface area contributed by atoms with E-state index in [-0.39, 0.29) is 24.3 Å². The first kappa shape index (κ1) is 19.5. The van der Waals surface area contributed by atoms with Crippen molar-refractivity contribution in [3.63, 3.8) is 0 Å². The molecule has 7 heteroatoms. The van der Waals surface area contributed by atoms with Crippen LogP contribution in [0.4, 0.5) is 5.69 Å². The van der Waals surface area contributed by atoms with Gasteiger partial charge in [-0.05, 0) is 51.0 Å². The lowest BCUT2D eigenvalue weighted by atomic mass is 10.1. The predicted molar refractivity (Wildman–Crippen MR) is 90.1 cm³/mol. The summed E-state index contributed by atoms with van der Waals surface area (Å²) in [6.45, 7) is 5.15. The van der Waals surface area contributed by atoms with Gasteiger partial charge < -0.3 is 20.5 Å². The highest BCUT2D eigenvalue weighted by atomic mass is 16.5. The number of aryl methyl sites for hydroxylation is 1. The van der Waals surface area contributed by atoms with Gasteiger partial charge in [-0.2, -0.15) is 0 Å². The van der Waals surface area contributed by atoms with E-state index in [1.54, 1.807) is 25.1 Å². The summed E-state index contributed by atoms with van der Waals surface area (Å²) in [4.78, 5) is 33.9. The third-order valence-corrected chi connectivity index (χ3v) is 3.09. The molecule has 0 fully saturated rings. The van der Waals surface area contributed by atoms with Crippen LogP contribution in [0.15, 0.2) is 18.2 Å². The monoisotopic (exact) mass is 336 g/mol. The summed E-state index contributed by atoms with van der Waals surface area (Å²) in [5, 5.41) is 14.1. The minimum absolute atomic E-state index is 0.0612. The Labute approximate surface area is 141 Å². The molecule has 2 amide bonds. The fourth-order valence-corrected chi connectivity index (χ4v) is 2.03. The Morgan fingerprint density at radius 2 is 1.83 bits per heavy atom. The van der Waals surface area contributed by atoms with Crippen LogP contribution in [-0.4, -0.2) is 35.5 Å². The maximum absolute atomic E-state index is 11.9. The molecule has 0 aliphatic carbocycles. The smallest absolute Gasteiger partial charge is 0.341 e. The molecule has 0 saturated carbocycles. The van der Waals surface area contributed by atoms with Gasteiger partial charge in [0.1, 0.15) is 5.75 Å². The molecule has 24 heavy (non-hydrogen) atoms. The Morgan fingerprint density at radius 3 is 2.42 bits per heavy atom. The van der Waals surface area contributed by atoms with Gasteiger partial charge in [-0.1, -0.05) is 0 Å². The molecule has 0 aliphatic heterocycles. The lowest BCUT2D eigenvalue weighted by molar-refractivity contribution is -0.139. The average Bonchev–Trinajstić information content (AvgIpc) is 2.46. The zero-order chi connectivity index (χ0) is 18.1. The molecule has 1 aromatic rings. The number of anilines is 1. The first-order chi connectivity index (χ1) is 11.3. The number of carboxylic acids is 1. The van der Waals surface area contributed by atoms with E-state index in [1.807, 2.05) is 13.8 Å². The quantitative estimate of drug-likeness (QED) is 0.640. The molecule has 7 nitrogen and oxygen atoms in total. The van der Waals surface area contributed by atoms with Crippen LogP contribution >= 0.6 is 0 Å². The van der Waals surface area contributed by atoms with Gasteiger partial charge >= 0.3 is 5.97 Å². The van der Waals surface area contributed by atoms with Crippen LogP contribution in [0.2, 0.25) is 0 Å². The van der Waals surface area contributed by atoms with E-state index in [1.165, 1.54) is 0 Å². The van der Waals surface area contributed by atoms with Crippen LogP contribution in [-0.2, 0) is 14.4 Å². The van der Waals surface area contributed by atoms with Gasteiger partial charge in [0.25, 0.3) is 0 Å². The molecule has 0 bridgehead atoms. The number of carboxylic acid groups (broad SMARTS) is 1. The second-order valence-corrected chi connectivity index (χ2v) is 5.78. The van der Waals surface area contributed by atoms with Crippen LogP contribution < -0.4 is 15.4 Å². The van der Waals surface area contributed by atoms with Crippen molar-refractivity contribution in [2.75, 3.05) is 11.9 Å². The maximum atomic E-state index is 11.9. The predicted octanol–water partition coefficient (Wildman–Crippen LogP) is 2.09. The summed E-state index contributed by atoms with van der Waals surface area (Å²) in [7, 11) is 0. The molecular formula is C17H24N2O5. The number of hydrogen-bond donors (Lipinski definition) is 3. The van der Waals surface area contributed by atoms with Crippen molar-refractivity contribution in [3.05, 3.63) is 23.8 Å². The van der Waals surface area contributed by atoms with E-state index in [0.29, 0.717) is 24.3 Å². The average molecular weight is 336 g/mol. The summed E-state index contributed by atoms with van der Waals surface area (Å²) in [6, 6.07) is 5.02. The zero-order valence-electron chi connectivity index (χ0n) is 14.2. The summed E-state index contributed by atoms with van der Waals surface area (Å²) >= 11 is 0. The number of ether oxygens (including phenoxy) is 1. The van der Waals surface area contributed by atoms with Crippen LogP contribution in [0, 0.1) is 6.92 Å². The molecule has 0 aliphatic rings. The highest BCUT2D eigenvalue weighted by molar-refractivity contribution is 5.91. The van der Waals surface area contributed by atoms with Crippen LogP contribution in [0.1, 0.15) is 38.7 Å². The molecular weight excluding hydrogens is 312 g/mol. The number of aliphatic carboxylic acids is 1. The standard InChI is InChI=1S/C17H24N2O5/c1-11(2)18-15(20)5-4-6-16(21)19-14-8-7-13(9-12(14)3)24-10-17(22)23/h7-9,11H,4-6,10H2,1-3H3,(H,18,20)(H,19,21)(H,22,23). The van der Waals surface area contributed by atoms with Crippen molar-refractivity contribution in [2.45, 2.75) is 46.1 Å². The first-order valence-corrected chi connectivity index (χ1v) is 7.82. The maximum Gasteiger partial charge on any atom is 0.341 e. The molecule has 0 saturated heterocycles. The lowest BCUT2D eigenvalue weighted by Gasteiger charge is -2.11. The van der Waals surface area contributed by atoms with Crippen LogP contribution in [0.25, 0.3) is 0 Å². The largest absolute Gasteiger partial charge is 0.482 e. The second kappa shape index (κ2) is 9.54. The molecule has 0 unspecified atom stereocenters. The fraction of sp³-hybridized carbons (Fsp3) is 0.471. The Kier molecular flexibility index (Phi) is 7.74. The first-order valence-electron chi connectivity index (χ1n) is 7.82. The third-order valence-electron chi connectivity index (χ3n) is 3.09. The highest BCUT2D eigenvalue weighted by Crippen LogP contribution is 2.21. The topological polar surface area (TPSA) is 105 Å². The number of benzene rings is 1. The lowest BCUT2D eigenvalue weighted by Crippen LogP contribution is -2.30. The summed E-state index contributed by atoms with van der Waals surface area (Å²) in [6.07, 6.45) is 1.04. The Balaban J connectivity index is 2.43. The summed E-state index contributed by atoms with van der Waals surface area (Å²) in [5.41, 5.74) is 1.40. The molecule has 0 spiro atoms. The molecule has 1 aromatic carbocycles. The SMILES string of the molecule is Cc1cc(OCC(=O)O)ccc1NC(=O)CCCC(=O)NC(C)C. The van der Waals surface area contributed by atoms with Gasteiger partial charge in [0.2, 0.25) is 11.8 Å². The Morgan fingerprint density at radius 1 is 1.17 bits per heavy atom. The normalized spacial score (nSPS) is 10.3. The van der Waals surface area contributed by atoms with Gasteiger partial charge in [0.15, 0.2) is 6.61 Å². The summed E-state index contributed by atoms with van der Waals surface area (Å²) < 4.78 is 5.07. The van der Waals surface area contributed by atoms with E-state index < -0.39 is 12.6 Å². The van der Waals surface area contributed by atoms with Gasteiger partial charge in [-0.3, -0.25) is 9.59 Å². The molecule has 0 aromatic heterocycles. The van der Waals surface area contributed by atoms with E-state index in [0.717, 1.165) is 5.56 Å². The molecule has 132 valence electrons. The Bertz CT molecular complexity index is 599. The zero-order valence-corrected chi connectivity index (χ0v) is 14.2. The van der Waals surface area contributed by atoms with E-state index in [9.17, 15) is 14.4 Å². The number of nitrogens with one attached hydrogen (secondary N) is 2. The van der Waals surface area contributed by atoms with Gasteiger partial charge in [-0.25, -0.2) is 4.79 Å². The van der Waals surface area contributed by atoms with Gasteiger partial charge in [-0.15, -0.1) is 0 Å². The van der Waals surface area contributed by atoms with E-state index >= 15 is 0 Å². The molecule has 0 heterocycles. The number of carbonyl (C=O) groups excluding carboxylic acids is 2. The molecule has 0 radical (unpaired) electrons. The van der Waals surface area contributed by atoms with Gasteiger partial charge in [0, 0.05) is 24.6 Å². The van der Waals surface area contributed by atoms with Crippen molar-refractivity contribution in [3.8, 4) is 5.75 Å². The van der Waals surface area contributed by atoms with Crippen molar-refractivity contribution in [1.29, 1.82) is 0 Å². The molecule has 0 atom stereocenters. The van der Waals surface area contributed by atoms with Crippen LogP contribution in [0.5, 0.6) is 5.75 Å². The number of amides is 2. The third kappa shape index (κ3) is 7.62. The van der Waals surface area contributed by atoms with Crippen molar-refractivity contribution >= 4 is 23.5 Å². The fourth-order valence-electron chi connectivity index (χ4n) is 2.03. The Hall–Kier alpha value is -2.57. The van der Waals surface area contributed by atoms with Crippen molar-refractivity contribution in [2.24, 2.45) is 0 Å². The van der Waals surface area contributed by atoms with E-state index in [2.05, 4.69) is 10.6 Å². The van der Waals surface area contributed by atoms with Crippen molar-refractivity contribution < 1.29 is 24.2 Å². The molecule has 3 N–H and O–H groups in total. The van der Waals surface area contributed by atoms with Gasteiger partial charge in [0.05, 0.1) is 0 Å². The minimum Gasteiger partial charge on any atom is -0.482 e. The number of hydrogen-bond acceptors (Lipinski definition) is 4. The summed E-state index contributed by atoms with van der Waals surface area (Å²) in [5.74, 6) is -0.853. The molecule has 1 rings (SSSR count). The minimum atomic E-state index is -1.05. The van der Waals surface area contributed by atoms with Crippen LogP contribution in [0.3, 0.4) is 0 Å². The van der Waals surface area contributed by atoms with E-state index in [4.69, 9.17) is 9.84 Å². The second-order valence-electron chi connectivity index (χ2n) is 5.78. The highest BCUT2D eigenvalue weighted by Gasteiger charge is 2.09.